The molecule has 0 aliphatic rings. The fourth-order valence-corrected chi connectivity index (χ4v) is 1.17. The van der Waals surface area contributed by atoms with E-state index in [2.05, 4.69) is 13.0 Å². The third-order valence-electron chi connectivity index (χ3n) is 1.63. The van der Waals surface area contributed by atoms with Crippen molar-refractivity contribution in [1.29, 1.82) is 0 Å². The predicted molar refractivity (Wildman–Crippen MR) is 48.5 cm³/mol. The number of hydrogen-bond acceptors (Lipinski definition) is 2. The first-order chi connectivity index (χ1) is 5.18. The van der Waals surface area contributed by atoms with Gasteiger partial charge < -0.3 is 10.5 Å². The van der Waals surface area contributed by atoms with Gasteiger partial charge in [0.2, 0.25) is 0 Å². The molecule has 2 nitrogen and oxygen atoms in total. The molecule has 0 fully saturated rings. The molecule has 0 heterocycles. The van der Waals surface area contributed by atoms with E-state index in [1.54, 1.807) is 0 Å². The fraction of sp³-hybridized carbons (Fsp3) is 0.778. The van der Waals surface area contributed by atoms with Crippen LogP contribution >= 0.6 is 0 Å². The smallest absolute Gasteiger partial charge is 0.0846 e. The monoisotopic (exact) mass is 157 g/mol. The van der Waals surface area contributed by atoms with Crippen molar-refractivity contribution < 1.29 is 4.74 Å². The van der Waals surface area contributed by atoms with Gasteiger partial charge in [-0.3, -0.25) is 0 Å². The summed E-state index contributed by atoms with van der Waals surface area (Å²) in [6.45, 7) is 7.46. The maximum absolute atomic E-state index is 5.54. The van der Waals surface area contributed by atoms with Crippen molar-refractivity contribution in [2.45, 2.75) is 32.8 Å². The molecule has 66 valence electrons. The summed E-state index contributed by atoms with van der Waals surface area (Å²) in [5.41, 5.74) is 5.31. The van der Waals surface area contributed by atoms with E-state index in [9.17, 15) is 0 Å². The zero-order chi connectivity index (χ0) is 8.74. The van der Waals surface area contributed by atoms with E-state index in [1.165, 1.54) is 0 Å². The Morgan fingerprint density at radius 1 is 1.55 bits per heavy atom. The van der Waals surface area contributed by atoms with Crippen LogP contribution in [0, 0.1) is 0 Å². The highest BCUT2D eigenvalue weighted by molar-refractivity contribution is 4.98. The summed E-state index contributed by atoms with van der Waals surface area (Å²) in [6.07, 6.45) is 4.94. The van der Waals surface area contributed by atoms with Crippen LogP contribution in [0.2, 0.25) is 0 Å². The number of allylic oxidation sites excluding steroid dienone is 1. The lowest BCUT2D eigenvalue weighted by Crippen LogP contribution is -2.29. The van der Waals surface area contributed by atoms with Crippen molar-refractivity contribution >= 4 is 0 Å². The Balaban J connectivity index is 4.01. The minimum Gasteiger partial charge on any atom is -0.371 e. The van der Waals surface area contributed by atoms with E-state index < -0.39 is 0 Å². The Labute approximate surface area is 69.4 Å². The van der Waals surface area contributed by atoms with Crippen molar-refractivity contribution in [3.05, 3.63) is 12.2 Å². The van der Waals surface area contributed by atoms with E-state index in [0.29, 0.717) is 6.54 Å². The molecule has 1 atom stereocenters. The van der Waals surface area contributed by atoms with Gasteiger partial charge in [0.05, 0.1) is 5.60 Å². The van der Waals surface area contributed by atoms with E-state index in [0.717, 1.165) is 13.0 Å². The fourth-order valence-electron chi connectivity index (χ4n) is 1.17. The molecule has 0 amide bonds. The van der Waals surface area contributed by atoms with E-state index >= 15 is 0 Å². The Bertz CT molecular complexity index is 115. The van der Waals surface area contributed by atoms with Crippen LogP contribution in [-0.2, 0) is 4.74 Å². The predicted octanol–water partition coefficient (Wildman–Crippen LogP) is 1.71. The summed E-state index contributed by atoms with van der Waals surface area (Å²) in [5.74, 6) is 0. The number of hydrogen-bond donors (Lipinski definition) is 1. The van der Waals surface area contributed by atoms with Crippen molar-refractivity contribution in [3.63, 3.8) is 0 Å². The van der Waals surface area contributed by atoms with Gasteiger partial charge in [-0.1, -0.05) is 12.2 Å². The molecule has 0 radical (unpaired) electrons. The number of nitrogens with two attached hydrogens (primary N) is 1. The van der Waals surface area contributed by atoms with Gasteiger partial charge in [-0.2, -0.15) is 0 Å². The van der Waals surface area contributed by atoms with Crippen molar-refractivity contribution in [2.24, 2.45) is 5.73 Å². The lowest BCUT2D eigenvalue weighted by Gasteiger charge is -2.25. The molecule has 11 heavy (non-hydrogen) atoms. The third-order valence-corrected chi connectivity index (χ3v) is 1.63. The van der Waals surface area contributed by atoms with Gasteiger partial charge in [0.1, 0.15) is 0 Å². The molecule has 0 rings (SSSR count). The van der Waals surface area contributed by atoms with Crippen LogP contribution in [0.25, 0.3) is 0 Å². The second-order valence-electron chi connectivity index (χ2n) is 2.78. The molecule has 0 saturated heterocycles. The lowest BCUT2D eigenvalue weighted by molar-refractivity contribution is 0.00922. The second kappa shape index (κ2) is 5.33. The van der Waals surface area contributed by atoms with Crippen molar-refractivity contribution in [3.8, 4) is 0 Å². The first-order valence-corrected chi connectivity index (χ1v) is 4.16. The zero-order valence-corrected chi connectivity index (χ0v) is 7.76. The number of rotatable bonds is 5. The van der Waals surface area contributed by atoms with Crippen LogP contribution in [0.5, 0.6) is 0 Å². The molecule has 0 saturated carbocycles. The lowest BCUT2D eigenvalue weighted by atomic mass is 10.0. The highest BCUT2D eigenvalue weighted by atomic mass is 16.5. The molecular formula is C9H19NO. The molecule has 0 aromatic heterocycles. The first-order valence-electron chi connectivity index (χ1n) is 4.16. The Morgan fingerprint density at radius 2 is 2.18 bits per heavy atom. The molecule has 0 spiro atoms. The SMILES string of the molecule is C/C=C/C(C)(CCN)OCC. The average molecular weight is 157 g/mol. The maximum atomic E-state index is 5.54. The third kappa shape index (κ3) is 4.17. The van der Waals surface area contributed by atoms with Crippen molar-refractivity contribution in [1.82, 2.24) is 0 Å². The molecule has 0 aromatic rings. The number of ether oxygens (including phenoxy) is 1. The highest BCUT2D eigenvalue weighted by Crippen LogP contribution is 2.16. The summed E-state index contributed by atoms with van der Waals surface area (Å²) in [4.78, 5) is 0. The van der Waals surface area contributed by atoms with E-state index in [-0.39, 0.29) is 5.60 Å². The van der Waals surface area contributed by atoms with Gasteiger partial charge in [0, 0.05) is 6.61 Å². The molecule has 1 unspecified atom stereocenters. The molecule has 0 aliphatic carbocycles. The van der Waals surface area contributed by atoms with Crippen LogP contribution in [0.15, 0.2) is 12.2 Å². The van der Waals surface area contributed by atoms with E-state index in [1.807, 2.05) is 19.9 Å². The van der Waals surface area contributed by atoms with Crippen LogP contribution in [0.3, 0.4) is 0 Å². The van der Waals surface area contributed by atoms with Gasteiger partial charge in [0.15, 0.2) is 0 Å². The molecule has 2 N–H and O–H groups in total. The average Bonchev–Trinajstić information content (AvgIpc) is 1.88. The molecule has 0 aliphatic heterocycles. The summed E-state index contributed by atoms with van der Waals surface area (Å²) < 4.78 is 5.54. The minimum atomic E-state index is -0.155. The van der Waals surface area contributed by atoms with Gasteiger partial charge >= 0.3 is 0 Å². The van der Waals surface area contributed by atoms with Crippen LogP contribution in [-0.4, -0.2) is 18.8 Å². The summed E-state index contributed by atoms with van der Waals surface area (Å²) in [5, 5.41) is 0. The van der Waals surface area contributed by atoms with Gasteiger partial charge in [-0.05, 0) is 33.7 Å². The van der Waals surface area contributed by atoms with Crippen LogP contribution in [0.1, 0.15) is 27.2 Å². The second-order valence-corrected chi connectivity index (χ2v) is 2.78. The van der Waals surface area contributed by atoms with Crippen LogP contribution in [0.4, 0.5) is 0 Å². The first kappa shape index (κ1) is 10.7. The Kier molecular flexibility index (Phi) is 5.16. The summed E-state index contributed by atoms with van der Waals surface area (Å²) in [6, 6.07) is 0. The molecule has 0 bridgehead atoms. The molecular weight excluding hydrogens is 138 g/mol. The van der Waals surface area contributed by atoms with Gasteiger partial charge in [-0.25, -0.2) is 0 Å². The normalized spacial score (nSPS) is 17.1. The standard InChI is InChI=1S/C9H19NO/c1-4-6-9(3,7-8-10)11-5-2/h4,6H,5,7-8,10H2,1-3H3/b6-4+. The summed E-state index contributed by atoms with van der Waals surface area (Å²) >= 11 is 0. The highest BCUT2D eigenvalue weighted by Gasteiger charge is 2.18. The minimum absolute atomic E-state index is 0.155. The summed E-state index contributed by atoms with van der Waals surface area (Å²) in [7, 11) is 0. The zero-order valence-electron chi connectivity index (χ0n) is 7.76. The maximum Gasteiger partial charge on any atom is 0.0846 e. The van der Waals surface area contributed by atoms with Gasteiger partial charge in [-0.15, -0.1) is 0 Å². The topological polar surface area (TPSA) is 35.2 Å². The molecule has 2 heteroatoms. The Hall–Kier alpha value is -0.340. The largest absolute Gasteiger partial charge is 0.371 e. The Morgan fingerprint density at radius 3 is 2.55 bits per heavy atom. The van der Waals surface area contributed by atoms with Gasteiger partial charge in [0.25, 0.3) is 0 Å². The molecule has 0 aromatic carbocycles. The van der Waals surface area contributed by atoms with Crippen molar-refractivity contribution in [2.75, 3.05) is 13.2 Å². The van der Waals surface area contributed by atoms with Crippen LogP contribution < -0.4 is 5.73 Å². The van der Waals surface area contributed by atoms with E-state index in [4.69, 9.17) is 10.5 Å². The quantitative estimate of drug-likeness (QED) is 0.616.